The molecule has 0 saturated carbocycles. The lowest BCUT2D eigenvalue weighted by molar-refractivity contribution is 0.192. The standard InChI is InChI=1S/C16H23N3O/c1-11(2)9-19-15-4-3-12(8-17)7-14(15)18-16(19)13-5-6-20-10-13/h3-4,7,11,13H,5-6,8-10,17H2,1-2H3. The highest BCUT2D eigenvalue weighted by Gasteiger charge is 2.24. The molecule has 2 aromatic rings. The first-order valence-electron chi connectivity index (χ1n) is 7.46. The monoisotopic (exact) mass is 273 g/mol. The van der Waals surface area contributed by atoms with Gasteiger partial charge in [0.1, 0.15) is 5.82 Å². The van der Waals surface area contributed by atoms with E-state index in [-0.39, 0.29) is 0 Å². The molecule has 1 aliphatic rings. The molecule has 1 saturated heterocycles. The number of imidazole rings is 1. The lowest BCUT2D eigenvalue weighted by Crippen LogP contribution is -2.12. The second kappa shape index (κ2) is 5.54. The van der Waals surface area contributed by atoms with E-state index in [9.17, 15) is 0 Å². The Labute approximate surface area is 119 Å². The fraction of sp³-hybridized carbons (Fsp3) is 0.562. The van der Waals surface area contributed by atoms with Gasteiger partial charge in [-0.25, -0.2) is 4.98 Å². The molecule has 4 heteroatoms. The maximum Gasteiger partial charge on any atom is 0.115 e. The first-order chi connectivity index (χ1) is 9.69. The van der Waals surface area contributed by atoms with Crippen LogP contribution in [0.1, 0.15) is 37.6 Å². The smallest absolute Gasteiger partial charge is 0.115 e. The molecule has 1 aromatic heterocycles. The zero-order valence-electron chi connectivity index (χ0n) is 12.3. The number of nitrogens with two attached hydrogens (primary N) is 1. The van der Waals surface area contributed by atoms with E-state index in [4.69, 9.17) is 15.5 Å². The summed E-state index contributed by atoms with van der Waals surface area (Å²) in [5.74, 6) is 2.21. The molecule has 0 spiro atoms. The van der Waals surface area contributed by atoms with Gasteiger partial charge < -0.3 is 15.0 Å². The summed E-state index contributed by atoms with van der Waals surface area (Å²) in [7, 11) is 0. The maximum absolute atomic E-state index is 5.73. The Bertz CT molecular complexity index is 597. The third kappa shape index (κ3) is 2.45. The predicted molar refractivity (Wildman–Crippen MR) is 80.6 cm³/mol. The topological polar surface area (TPSA) is 53.1 Å². The summed E-state index contributed by atoms with van der Waals surface area (Å²) in [5, 5.41) is 0. The summed E-state index contributed by atoms with van der Waals surface area (Å²) in [4.78, 5) is 4.88. The first-order valence-corrected chi connectivity index (χ1v) is 7.46. The summed E-state index contributed by atoms with van der Waals surface area (Å²) in [5.41, 5.74) is 9.16. The van der Waals surface area contributed by atoms with Gasteiger partial charge in [-0.3, -0.25) is 0 Å². The molecule has 1 fully saturated rings. The third-order valence-corrected chi connectivity index (χ3v) is 3.92. The first kappa shape index (κ1) is 13.6. The van der Waals surface area contributed by atoms with E-state index in [1.165, 1.54) is 11.3 Å². The summed E-state index contributed by atoms with van der Waals surface area (Å²) < 4.78 is 7.91. The molecule has 1 unspecified atom stereocenters. The van der Waals surface area contributed by atoms with Crippen LogP contribution in [-0.4, -0.2) is 22.8 Å². The van der Waals surface area contributed by atoms with Gasteiger partial charge in [-0.1, -0.05) is 19.9 Å². The second-order valence-electron chi connectivity index (χ2n) is 6.06. The maximum atomic E-state index is 5.73. The minimum absolute atomic E-state index is 0.433. The highest BCUT2D eigenvalue weighted by Crippen LogP contribution is 2.29. The Hall–Kier alpha value is -1.39. The Morgan fingerprint density at radius 2 is 2.30 bits per heavy atom. The van der Waals surface area contributed by atoms with Gasteiger partial charge in [0, 0.05) is 25.6 Å². The van der Waals surface area contributed by atoms with Gasteiger partial charge in [0.15, 0.2) is 0 Å². The van der Waals surface area contributed by atoms with Crippen molar-refractivity contribution < 1.29 is 4.74 Å². The zero-order chi connectivity index (χ0) is 14.1. The van der Waals surface area contributed by atoms with Crippen LogP contribution < -0.4 is 5.73 Å². The molecular formula is C16H23N3O. The molecular weight excluding hydrogens is 250 g/mol. The van der Waals surface area contributed by atoms with Crippen molar-refractivity contribution in [3.8, 4) is 0 Å². The van der Waals surface area contributed by atoms with Crippen molar-refractivity contribution >= 4 is 11.0 Å². The van der Waals surface area contributed by atoms with Crippen LogP contribution in [0, 0.1) is 5.92 Å². The summed E-state index contributed by atoms with van der Waals surface area (Å²) >= 11 is 0. The molecule has 4 nitrogen and oxygen atoms in total. The molecule has 1 aliphatic heterocycles. The van der Waals surface area contributed by atoms with Gasteiger partial charge in [0.25, 0.3) is 0 Å². The zero-order valence-corrected chi connectivity index (χ0v) is 12.3. The number of benzene rings is 1. The van der Waals surface area contributed by atoms with Crippen LogP contribution in [0.5, 0.6) is 0 Å². The van der Waals surface area contributed by atoms with E-state index in [0.717, 1.165) is 37.3 Å². The molecule has 0 aliphatic carbocycles. The average Bonchev–Trinajstić information content (AvgIpc) is 3.05. The van der Waals surface area contributed by atoms with Gasteiger partial charge in [-0.15, -0.1) is 0 Å². The van der Waals surface area contributed by atoms with Crippen LogP contribution in [0.15, 0.2) is 18.2 Å². The van der Waals surface area contributed by atoms with E-state index in [1.807, 2.05) is 0 Å². The van der Waals surface area contributed by atoms with Crippen molar-refractivity contribution in [1.82, 2.24) is 9.55 Å². The molecule has 0 amide bonds. The van der Waals surface area contributed by atoms with Crippen LogP contribution in [0.2, 0.25) is 0 Å². The number of hydrogen-bond acceptors (Lipinski definition) is 3. The SMILES string of the molecule is CC(C)Cn1c(C2CCOC2)nc2cc(CN)ccc21. The van der Waals surface area contributed by atoms with E-state index in [0.29, 0.717) is 18.4 Å². The van der Waals surface area contributed by atoms with Crippen molar-refractivity contribution in [2.75, 3.05) is 13.2 Å². The second-order valence-corrected chi connectivity index (χ2v) is 6.06. The van der Waals surface area contributed by atoms with Crippen LogP contribution in [0.3, 0.4) is 0 Å². The third-order valence-electron chi connectivity index (χ3n) is 3.92. The lowest BCUT2D eigenvalue weighted by atomic mass is 10.1. The molecule has 1 aromatic carbocycles. The molecule has 1 atom stereocenters. The number of rotatable bonds is 4. The Morgan fingerprint density at radius 1 is 1.45 bits per heavy atom. The number of fused-ring (bicyclic) bond motifs is 1. The summed E-state index contributed by atoms with van der Waals surface area (Å²) in [6.07, 6.45) is 1.07. The fourth-order valence-electron chi connectivity index (χ4n) is 2.93. The number of nitrogens with zero attached hydrogens (tertiary/aromatic N) is 2. The quantitative estimate of drug-likeness (QED) is 0.931. The minimum Gasteiger partial charge on any atom is -0.381 e. The van der Waals surface area contributed by atoms with Crippen molar-refractivity contribution in [3.05, 3.63) is 29.6 Å². The van der Waals surface area contributed by atoms with Crippen LogP contribution in [0.4, 0.5) is 0 Å². The predicted octanol–water partition coefficient (Wildman–Crippen LogP) is 2.65. The molecule has 2 heterocycles. The van der Waals surface area contributed by atoms with Crippen LogP contribution in [-0.2, 0) is 17.8 Å². The van der Waals surface area contributed by atoms with Crippen LogP contribution in [0.25, 0.3) is 11.0 Å². The normalized spacial score (nSPS) is 19.3. The molecule has 3 rings (SSSR count). The van der Waals surface area contributed by atoms with Gasteiger partial charge in [0.2, 0.25) is 0 Å². The van der Waals surface area contributed by atoms with Gasteiger partial charge in [0.05, 0.1) is 17.6 Å². The number of ether oxygens (including phenoxy) is 1. The average molecular weight is 273 g/mol. The van der Waals surface area contributed by atoms with E-state index < -0.39 is 0 Å². The largest absolute Gasteiger partial charge is 0.381 e. The van der Waals surface area contributed by atoms with Crippen molar-refractivity contribution in [3.63, 3.8) is 0 Å². The van der Waals surface area contributed by atoms with Crippen molar-refractivity contribution in [1.29, 1.82) is 0 Å². The van der Waals surface area contributed by atoms with E-state index >= 15 is 0 Å². The fourth-order valence-corrected chi connectivity index (χ4v) is 2.93. The Balaban J connectivity index is 2.10. The molecule has 0 radical (unpaired) electrons. The highest BCUT2D eigenvalue weighted by atomic mass is 16.5. The lowest BCUT2D eigenvalue weighted by Gasteiger charge is -2.14. The highest BCUT2D eigenvalue weighted by molar-refractivity contribution is 5.77. The van der Waals surface area contributed by atoms with Gasteiger partial charge in [-0.05, 0) is 30.0 Å². The minimum atomic E-state index is 0.433. The number of aromatic nitrogens is 2. The van der Waals surface area contributed by atoms with Crippen molar-refractivity contribution in [2.45, 2.75) is 39.3 Å². The summed E-state index contributed by atoms with van der Waals surface area (Å²) in [6.45, 7) is 7.71. The molecule has 2 N–H and O–H groups in total. The summed E-state index contributed by atoms with van der Waals surface area (Å²) in [6, 6.07) is 6.38. The van der Waals surface area contributed by atoms with E-state index in [2.05, 4.69) is 36.6 Å². The molecule has 108 valence electrons. The van der Waals surface area contributed by atoms with Gasteiger partial charge >= 0.3 is 0 Å². The van der Waals surface area contributed by atoms with Crippen LogP contribution >= 0.6 is 0 Å². The Morgan fingerprint density at radius 3 is 2.95 bits per heavy atom. The molecule has 0 bridgehead atoms. The number of hydrogen-bond donors (Lipinski definition) is 1. The Kier molecular flexibility index (Phi) is 3.76. The molecule has 20 heavy (non-hydrogen) atoms. The van der Waals surface area contributed by atoms with E-state index in [1.54, 1.807) is 0 Å². The van der Waals surface area contributed by atoms with Crippen molar-refractivity contribution in [2.24, 2.45) is 11.7 Å². The van der Waals surface area contributed by atoms with Gasteiger partial charge in [-0.2, -0.15) is 0 Å².